The topological polar surface area (TPSA) is 47.2 Å². The molecule has 2 aromatic rings. The van der Waals surface area contributed by atoms with E-state index in [0.717, 1.165) is 59.0 Å². The summed E-state index contributed by atoms with van der Waals surface area (Å²) in [5.74, 6) is 0.319. The molecule has 3 atom stereocenters. The molecule has 170 valence electrons. The molecule has 1 fully saturated rings. The van der Waals surface area contributed by atoms with Crippen molar-refractivity contribution in [1.82, 2.24) is 9.78 Å². The summed E-state index contributed by atoms with van der Waals surface area (Å²) in [7, 11) is 0.632. The SMILES string of the molecule is Cn1nc(/C=C/C2=C(Cl)CC3CCC(C2)C3=NS(=O)C(C)(C)C)cc1-c1ccc(F)cc1. The van der Waals surface area contributed by atoms with E-state index in [2.05, 4.69) is 15.6 Å². The zero-order chi connectivity index (χ0) is 23.0. The number of halogens is 2. The average Bonchev–Trinajstić information content (AvgIpc) is 3.23. The number of hydrogen-bond acceptors (Lipinski definition) is 2. The maximum Gasteiger partial charge on any atom is 0.144 e. The molecule has 3 unspecified atom stereocenters. The van der Waals surface area contributed by atoms with Gasteiger partial charge in [-0.1, -0.05) is 17.7 Å². The normalized spacial score (nSPS) is 23.9. The van der Waals surface area contributed by atoms with E-state index >= 15 is 0 Å². The summed E-state index contributed by atoms with van der Waals surface area (Å²) < 4.78 is 32.0. The minimum atomic E-state index is -1.25. The third-order valence-electron chi connectivity index (χ3n) is 6.15. The Bertz CT molecular complexity index is 1130. The van der Waals surface area contributed by atoms with Crippen LogP contribution in [0.2, 0.25) is 0 Å². The minimum absolute atomic E-state index is 0.255. The van der Waals surface area contributed by atoms with Crippen LogP contribution in [0.1, 0.15) is 52.1 Å². The first-order chi connectivity index (χ1) is 15.1. The molecule has 7 heteroatoms. The van der Waals surface area contributed by atoms with E-state index in [0.29, 0.717) is 5.92 Å². The lowest BCUT2D eigenvalue weighted by Crippen LogP contribution is -2.23. The predicted octanol–water partition coefficient (Wildman–Crippen LogP) is 6.46. The number of fused-ring (bicyclic) bond motifs is 2. The van der Waals surface area contributed by atoms with Gasteiger partial charge in [0, 0.05) is 29.6 Å². The van der Waals surface area contributed by atoms with Crippen LogP contribution in [0.3, 0.4) is 0 Å². The van der Waals surface area contributed by atoms with Crippen LogP contribution >= 0.6 is 11.6 Å². The molecule has 1 heterocycles. The summed E-state index contributed by atoms with van der Waals surface area (Å²) in [5, 5.41) is 5.44. The largest absolute Gasteiger partial charge is 0.267 e. The first-order valence-corrected chi connectivity index (χ1v) is 12.5. The van der Waals surface area contributed by atoms with Gasteiger partial charge in [0.15, 0.2) is 0 Å². The molecule has 4 rings (SSSR count). The molecule has 0 N–H and O–H groups in total. The lowest BCUT2D eigenvalue weighted by Gasteiger charge is -2.17. The van der Waals surface area contributed by atoms with Crippen molar-refractivity contribution < 1.29 is 8.60 Å². The number of rotatable bonds is 4. The highest BCUT2D eigenvalue weighted by Crippen LogP contribution is 2.43. The summed E-state index contributed by atoms with van der Waals surface area (Å²) in [4.78, 5) is 0. The van der Waals surface area contributed by atoms with Crippen LogP contribution in [0.4, 0.5) is 4.39 Å². The van der Waals surface area contributed by atoms with E-state index < -0.39 is 11.0 Å². The average molecular weight is 474 g/mol. The van der Waals surface area contributed by atoms with Gasteiger partial charge >= 0.3 is 0 Å². The van der Waals surface area contributed by atoms with Crippen molar-refractivity contribution in [3.63, 3.8) is 0 Å². The van der Waals surface area contributed by atoms with Crippen LogP contribution in [0.5, 0.6) is 0 Å². The van der Waals surface area contributed by atoms with Crippen LogP contribution in [0, 0.1) is 17.7 Å². The van der Waals surface area contributed by atoms with Gasteiger partial charge in [-0.05, 0) is 94.0 Å². The lowest BCUT2D eigenvalue weighted by atomic mass is 9.97. The van der Waals surface area contributed by atoms with Gasteiger partial charge in [0.2, 0.25) is 0 Å². The Kier molecular flexibility index (Phi) is 6.55. The Morgan fingerprint density at radius 1 is 1.16 bits per heavy atom. The second-order valence-electron chi connectivity index (χ2n) is 9.61. The molecule has 2 aliphatic rings. The highest BCUT2D eigenvalue weighted by molar-refractivity contribution is 7.85. The lowest BCUT2D eigenvalue weighted by molar-refractivity contribution is 0.602. The second kappa shape index (κ2) is 9.06. The fourth-order valence-electron chi connectivity index (χ4n) is 4.36. The van der Waals surface area contributed by atoms with Gasteiger partial charge in [0.1, 0.15) is 16.8 Å². The van der Waals surface area contributed by atoms with Crippen molar-refractivity contribution in [2.75, 3.05) is 0 Å². The first-order valence-electron chi connectivity index (χ1n) is 11.0. The van der Waals surface area contributed by atoms with Gasteiger partial charge in [-0.25, -0.2) is 8.60 Å². The van der Waals surface area contributed by atoms with E-state index in [-0.39, 0.29) is 16.5 Å². The Hall–Kier alpha value is -2.05. The number of benzene rings is 1. The van der Waals surface area contributed by atoms with Crippen molar-refractivity contribution in [3.05, 3.63) is 58.5 Å². The summed E-state index contributed by atoms with van der Waals surface area (Å²) in [6, 6.07) is 8.40. The van der Waals surface area contributed by atoms with E-state index in [9.17, 15) is 8.60 Å². The molecule has 0 spiro atoms. The molecule has 2 bridgehead atoms. The molecule has 0 saturated heterocycles. The van der Waals surface area contributed by atoms with Crippen LogP contribution < -0.4 is 0 Å². The van der Waals surface area contributed by atoms with Crippen molar-refractivity contribution in [3.8, 4) is 11.3 Å². The molecular weight excluding hydrogens is 445 g/mol. The molecule has 1 saturated carbocycles. The first kappa shape index (κ1) is 23.1. The number of hydrogen-bond donors (Lipinski definition) is 0. The zero-order valence-electron chi connectivity index (χ0n) is 18.9. The second-order valence-corrected chi connectivity index (χ2v) is 12.0. The van der Waals surface area contributed by atoms with Crippen LogP contribution in [0.15, 0.2) is 51.4 Å². The van der Waals surface area contributed by atoms with Crippen molar-refractivity contribution in [2.24, 2.45) is 23.3 Å². The number of allylic oxidation sites excluding steroid dienone is 3. The van der Waals surface area contributed by atoms with Gasteiger partial charge in [-0.15, -0.1) is 0 Å². The molecule has 0 aliphatic heterocycles. The van der Waals surface area contributed by atoms with Crippen molar-refractivity contribution in [1.29, 1.82) is 0 Å². The number of aryl methyl sites for hydroxylation is 1. The van der Waals surface area contributed by atoms with E-state index in [4.69, 9.17) is 11.6 Å². The number of aromatic nitrogens is 2. The summed E-state index contributed by atoms with van der Waals surface area (Å²) in [6.07, 6.45) is 7.71. The van der Waals surface area contributed by atoms with Crippen molar-refractivity contribution >= 4 is 34.4 Å². The van der Waals surface area contributed by atoms with Gasteiger partial charge in [-0.2, -0.15) is 9.50 Å². The molecule has 1 aromatic carbocycles. The fourth-order valence-corrected chi connectivity index (χ4v) is 5.45. The molecule has 4 nitrogen and oxygen atoms in total. The minimum Gasteiger partial charge on any atom is -0.267 e. The summed E-state index contributed by atoms with van der Waals surface area (Å²) in [6.45, 7) is 5.87. The highest BCUT2D eigenvalue weighted by Gasteiger charge is 2.37. The third kappa shape index (κ3) is 4.96. The van der Waals surface area contributed by atoms with E-state index in [1.807, 2.05) is 40.0 Å². The van der Waals surface area contributed by atoms with Crippen LogP contribution in [-0.2, 0) is 18.0 Å². The van der Waals surface area contributed by atoms with Gasteiger partial charge < -0.3 is 0 Å². The number of nitrogens with zero attached hydrogens (tertiary/aromatic N) is 3. The Labute approximate surface area is 196 Å². The molecule has 0 amide bonds. The molecule has 32 heavy (non-hydrogen) atoms. The Balaban J connectivity index is 1.55. The third-order valence-corrected chi connectivity index (χ3v) is 7.97. The van der Waals surface area contributed by atoms with Gasteiger partial charge in [0.25, 0.3) is 0 Å². The smallest absolute Gasteiger partial charge is 0.144 e. The standard InChI is InChI=1S/C25H29ClFN3OS/c1-25(2,3)32(31)29-24-18-5-6-19(24)14-22(26)17(13-18)9-12-21-15-23(30(4)28-21)16-7-10-20(27)11-8-16/h7-12,15,18-19H,5-6,13-14H2,1-4H3/b12-9+,29-24?. The molecule has 2 aliphatic carbocycles. The summed E-state index contributed by atoms with van der Waals surface area (Å²) >= 11 is 6.72. The monoisotopic (exact) mass is 473 g/mol. The van der Waals surface area contributed by atoms with Crippen LogP contribution in [-0.4, -0.2) is 24.4 Å². The van der Waals surface area contributed by atoms with E-state index in [1.54, 1.807) is 16.8 Å². The maximum absolute atomic E-state index is 13.2. The van der Waals surface area contributed by atoms with Crippen LogP contribution in [0.25, 0.3) is 17.3 Å². The molecule has 1 aromatic heterocycles. The highest BCUT2D eigenvalue weighted by atomic mass is 35.5. The quantitative estimate of drug-likeness (QED) is 0.511. The molecular formula is C25H29ClFN3OS. The van der Waals surface area contributed by atoms with Gasteiger partial charge in [0.05, 0.1) is 16.1 Å². The summed E-state index contributed by atoms with van der Waals surface area (Å²) in [5.41, 5.74) is 4.83. The van der Waals surface area contributed by atoms with E-state index in [1.165, 1.54) is 12.1 Å². The van der Waals surface area contributed by atoms with Gasteiger partial charge in [-0.3, -0.25) is 4.68 Å². The van der Waals surface area contributed by atoms with Crippen molar-refractivity contribution in [2.45, 2.75) is 51.2 Å². The Morgan fingerprint density at radius 3 is 2.47 bits per heavy atom. The fraction of sp³-hybridized carbons (Fsp3) is 0.440. The maximum atomic E-state index is 13.2. The Morgan fingerprint density at radius 2 is 1.81 bits per heavy atom. The molecule has 0 radical (unpaired) electrons. The predicted molar refractivity (Wildman–Crippen MR) is 131 cm³/mol. The zero-order valence-corrected chi connectivity index (χ0v) is 20.5.